The molecule has 1 aromatic carbocycles. The van der Waals surface area contributed by atoms with Crippen LogP contribution in [-0.2, 0) is 38.8 Å². The van der Waals surface area contributed by atoms with E-state index in [9.17, 15) is 24.3 Å². The Morgan fingerprint density at radius 1 is 1.21 bits per heavy atom. The SMILES string of the molecule is COc1ccc(C)c2c1O[C@H]1C(OC(=O)C[C@H](OC(=O)CCN)C(=O)O[C@@H](C)C(=O)O)=CC[C@@]3(O)[C@@H](C)N(C)CC[C@]213. The van der Waals surface area contributed by atoms with E-state index in [4.69, 9.17) is 34.5 Å². The first kappa shape index (κ1) is 31.3. The lowest BCUT2D eigenvalue weighted by Crippen LogP contribution is -2.71. The zero-order valence-corrected chi connectivity index (χ0v) is 24.4. The number of nitrogens with two attached hydrogens (primary N) is 1. The molecule has 0 amide bonds. The van der Waals surface area contributed by atoms with Gasteiger partial charge in [-0.15, -0.1) is 0 Å². The van der Waals surface area contributed by atoms with E-state index >= 15 is 0 Å². The second-order valence-electron chi connectivity index (χ2n) is 11.0. The Hall–Kier alpha value is -3.68. The number of nitrogens with zero attached hydrogens (tertiary/aromatic N) is 1. The fourth-order valence-corrected chi connectivity index (χ4v) is 6.29. The molecule has 2 heterocycles. The highest BCUT2D eigenvalue weighted by Gasteiger charge is 2.69. The van der Waals surface area contributed by atoms with E-state index in [-0.39, 0.29) is 31.2 Å². The number of piperidine rings is 1. The Kier molecular flexibility index (Phi) is 8.86. The number of carbonyl (C=O) groups is 4. The normalized spacial score (nSPS) is 27.6. The van der Waals surface area contributed by atoms with Crippen molar-refractivity contribution in [3.63, 3.8) is 0 Å². The first-order chi connectivity index (χ1) is 19.8. The fraction of sp³-hybridized carbons (Fsp3) is 0.586. The zero-order valence-electron chi connectivity index (χ0n) is 24.4. The van der Waals surface area contributed by atoms with Gasteiger partial charge < -0.3 is 44.5 Å². The van der Waals surface area contributed by atoms with Crippen LogP contribution in [0.2, 0.25) is 0 Å². The van der Waals surface area contributed by atoms with Crippen LogP contribution in [0.15, 0.2) is 24.0 Å². The third kappa shape index (κ3) is 5.20. The van der Waals surface area contributed by atoms with Crippen LogP contribution in [0.1, 0.15) is 50.7 Å². The highest BCUT2D eigenvalue weighted by molar-refractivity contribution is 5.86. The third-order valence-corrected chi connectivity index (χ3v) is 8.65. The van der Waals surface area contributed by atoms with Crippen molar-refractivity contribution in [2.45, 2.75) is 81.8 Å². The third-order valence-electron chi connectivity index (χ3n) is 8.65. The number of fused-ring (bicyclic) bond motifs is 1. The van der Waals surface area contributed by atoms with Crippen LogP contribution in [-0.4, -0.2) is 96.2 Å². The molecule has 1 aliphatic carbocycles. The van der Waals surface area contributed by atoms with Gasteiger partial charge in [0, 0.05) is 24.6 Å². The minimum absolute atomic E-state index is 0.0650. The number of carbonyl (C=O) groups excluding carboxylic acids is 3. The van der Waals surface area contributed by atoms with Gasteiger partial charge >= 0.3 is 23.9 Å². The van der Waals surface area contributed by atoms with Crippen LogP contribution in [0, 0.1) is 6.92 Å². The number of hydrogen-bond donors (Lipinski definition) is 3. The fourth-order valence-electron chi connectivity index (χ4n) is 6.29. The molecule has 3 aliphatic rings. The largest absolute Gasteiger partial charge is 0.493 e. The van der Waals surface area contributed by atoms with Gasteiger partial charge in [0.2, 0.25) is 6.10 Å². The summed E-state index contributed by atoms with van der Waals surface area (Å²) in [6, 6.07) is 3.40. The van der Waals surface area contributed by atoms with Crippen LogP contribution in [0.3, 0.4) is 0 Å². The van der Waals surface area contributed by atoms with Gasteiger partial charge in [0.05, 0.1) is 31.0 Å². The molecule has 0 saturated carbocycles. The highest BCUT2D eigenvalue weighted by atomic mass is 16.6. The number of aliphatic hydroxyl groups is 1. The smallest absolute Gasteiger partial charge is 0.348 e. The Morgan fingerprint density at radius 3 is 2.57 bits per heavy atom. The van der Waals surface area contributed by atoms with Crippen molar-refractivity contribution in [3.8, 4) is 11.5 Å². The lowest BCUT2D eigenvalue weighted by molar-refractivity contribution is -0.179. The Morgan fingerprint density at radius 2 is 1.93 bits per heavy atom. The van der Waals surface area contributed by atoms with E-state index in [2.05, 4.69) is 4.90 Å². The molecule has 2 aliphatic heterocycles. The first-order valence-electron chi connectivity index (χ1n) is 13.8. The molecule has 0 aromatic heterocycles. The van der Waals surface area contributed by atoms with Gasteiger partial charge in [0.15, 0.2) is 23.7 Å². The number of rotatable bonds is 10. The molecule has 1 spiro atoms. The zero-order chi connectivity index (χ0) is 31.0. The molecule has 0 bridgehead atoms. The van der Waals surface area contributed by atoms with Gasteiger partial charge in [-0.25, -0.2) is 9.59 Å². The van der Waals surface area contributed by atoms with Gasteiger partial charge in [-0.1, -0.05) is 6.07 Å². The minimum Gasteiger partial charge on any atom is -0.493 e. The summed E-state index contributed by atoms with van der Waals surface area (Å²) in [4.78, 5) is 51.3. The summed E-state index contributed by atoms with van der Waals surface area (Å²) >= 11 is 0. The predicted molar refractivity (Wildman–Crippen MR) is 146 cm³/mol. The number of methoxy groups -OCH3 is 1. The standard InChI is InChI=1S/C29H38N2O11/c1-15-6-7-18(38-5)24-23(15)28-11-13-31(4)17(3)29(28,37)10-8-19(25(28)42-24)40-22(33)14-20(41-21(32)9-12-30)27(36)39-16(2)26(34)35/h6-8,16-17,20,25,37H,9-14,30H2,1-5H3,(H,34,35)/t16-,17+,20-,25-,28-,29+/m0/s1. The molecule has 230 valence electrons. The van der Waals surface area contributed by atoms with Gasteiger partial charge in [-0.05, 0) is 58.5 Å². The number of carboxylic acids is 1. The number of benzene rings is 1. The molecule has 42 heavy (non-hydrogen) atoms. The van der Waals surface area contributed by atoms with E-state index in [1.165, 1.54) is 7.11 Å². The van der Waals surface area contributed by atoms with Crippen LogP contribution < -0.4 is 15.2 Å². The summed E-state index contributed by atoms with van der Waals surface area (Å²) in [7, 11) is 3.46. The van der Waals surface area contributed by atoms with Gasteiger partial charge in [0.1, 0.15) is 5.76 Å². The monoisotopic (exact) mass is 590 g/mol. The van der Waals surface area contributed by atoms with Crippen molar-refractivity contribution in [1.29, 1.82) is 0 Å². The molecule has 4 N–H and O–H groups in total. The van der Waals surface area contributed by atoms with Crippen LogP contribution in [0.4, 0.5) is 0 Å². The summed E-state index contributed by atoms with van der Waals surface area (Å²) in [5.41, 5.74) is 4.78. The van der Waals surface area contributed by atoms with Gasteiger partial charge in [-0.3, -0.25) is 9.59 Å². The van der Waals surface area contributed by atoms with Crippen molar-refractivity contribution >= 4 is 23.9 Å². The number of ether oxygens (including phenoxy) is 5. The Balaban J connectivity index is 1.66. The second kappa shape index (κ2) is 11.9. The van der Waals surface area contributed by atoms with E-state index < -0.39 is 59.6 Å². The molecule has 0 radical (unpaired) electrons. The lowest BCUT2D eigenvalue weighted by Gasteiger charge is -2.58. The number of esters is 3. The van der Waals surface area contributed by atoms with E-state index in [0.29, 0.717) is 24.5 Å². The summed E-state index contributed by atoms with van der Waals surface area (Å²) in [5.74, 6) is -3.38. The summed E-state index contributed by atoms with van der Waals surface area (Å²) in [6.45, 7) is 5.56. The number of aliphatic carboxylic acids is 1. The maximum atomic E-state index is 13.2. The molecule has 1 saturated heterocycles. The summed E-state index contributed by atoms with van der Waals surface area (Å²) < 4.78 is 27.8. The second-order valence-corrected chi connectivity index (χ2v) is 11.0. The van der Waals surface area contributed by atoms with Crippen LogP contribution in [0.25, 0.3) is 0 Å². The number of likely N-dealkylation sites (tertiary alicyclic amines) is 1. The lowest BCUT2D eigenvalue weighted by atomic mass is 9.54. The Bertz CT molecular complexity index is 1300. The first-order valence-corrected chi connectivity index (χ1v) is 13.8. The molecule has 13 nitrogen and oxygen atoms in total. The highest BCUT2D eigenvalue weighted by Crippen LogP contribution is 2.62. The minimum atomic E-state index is -1.76. The number of likely N-dealkylation sites (N-methyl/N-ethyl adjacent to an activating group) is 1. The molecular weight excluding hydrogens is 552 g/mol. The summed E-state index contributed by atoms with van der Waals surface area (Å²) in [5, 5.41) is 21.4. The Labute approximate surface area is 243 Å². The summed E-state index contributed by atoms with van der Waals surface area (Å²) in [6.07, 6.45) is -2.96. The quantitative estimate of drug-likeness (QED) is 0.259. The average molecular weight is 591 g/mol. The van der Waals surface area contributed by atoms with Crippen molar-refractivity contribution < 1.29 is 53.1 Å². The maximum absolute atomic E-state index is 13.2. The van der Waals surface area contributed by atoms with Crippen molar-refractivity contribution in [2.24, 2.45) is 5.73 Å². The van der Waals surface area contributed by atoms with E-state index in [0.717, 1.165) is 18.1 Å². The average Bonchev–Trinajstić information content (AvgIpc) is 3.30. The maximum Gasteiger partial charge on any atom is 0.348 e. The molecule has 13 heteroatoms. The number of hydrogen-bond acceptors (Lipinski definition) is 12. The van der Waals surface area contributed by atoms with Crippen molar-refractivity contribution in [2.75, 3.05) is 27.2 Å². The van der Waals surface area contributed by atoms with Crippen molar-refractivity contribution in [1.82, 2.24) is 4.90 Å². The van der Waals surface area contributed by atoms with E-state index in [1.807, 2.05) is 27.0 Å². The van der Waals surface area contributed by atoms with Gasteiger partial charge in [0.25, 0.3) is 0 Å². The topological polar surface area (TPSA) is 184 Å². The van der Waals surface area contributed by atoms with E-state index in [1.54, 1.807) is 12.1 Å². The molecule has 4 rings (SSSR count). The molecule has 1 aromatic rings. The van der Waals surface area contributed by atoms with Crippen molar-refractivity contribution in [3.05, 3.63) is 35.1 Å². The number of aryl methyl sites for hydroxylation is 1. The molecular formula is C29H38N2O11. The number of carboxylic acid groups (broad SMARTS) is 1. The van der Waals surface area contributed by atoms with Gasteiger partial charge in [-0.2, -0.15) is 0 Å². The van der Waals surface area contributed by atoms with Crippen LogP contribution in [0.5, 0.6) is 11.5 Å². The molecule has 0 unspecified atom stereocenters. The van der Waals surface area contributed by atoms with Crippen LogP contribution >= 0.6 is 0 Å². The molecule has 1 fully saturated rings. The predicted octanol–water partition coefficient (Wildman–Crippen LogP) is 0.955. The molecule has 6 atom stereocenters.